The SMILES string of the molecule is CCOc1cccc2sc(N3CCN(CCNC(=O)c4ccc(C)c(C)c4)CC3)nc12. The number of nitrogens with one attached hydrogen (secondary N) is 1. The smallest absolute Gasteiger partial charge is 0.251 e. The van der Waals surface area contributed by atoms with Crippen molar-refractivity contribution < 1.29 is 9.53 Å². The number of thiazole rings is 1. The van der Waals surface area contributed by atoms with Crippen LogP contribution in [0.1, 0.15) is 28.4 Å². The quantitative estimate of drug-likeness (QED) is 0.607. The van der Waals surface area contributed by atoms with Crippen LogP contribution in [-0.2, 0) is 0 Å². The first-order valence-electron chi connectivity index (χ1n) is 10.9. The number of carbonyl (C=O) groups excluding carboxylic acids is 1. The first-order chi connectivity index (χ1) is 15.0. The molecule has 0 radical (unpaired) electrons. The Labute approximate surface area is 187 Å². The zero-order valence-electron chi connectivity index (χ0n) is 18.5. The van der Waals surface area contributed by atoms with E-state index in [0.29, 0.717) is 13.2 Å². The molecular formula is C24H30N4O2S. The first kappa shape index (κ1) is 21.6. The number of benzene rings is 2. The van der Waals surface area contributed by atoms with Gasteiger partial charge in [-0.15, -0.1) is 0 Å². The monoisotopic (exact) mass is 438 g/mol. The molecule has 1 aliphatic heterocycles. The second-order valence-corrected chi connectivity index (χ2v) is 8.93. The van der Waals surface area contributed by atoms with Crippen LogP contribution in [0, 0.1) is 13.8 Å². The summed E-state index contributed by atoms with van der Waals surface area (Å²) in [6.07, 6.45) is 0. The number of anilines is 1. The molecule has 2 heterocycles. The maximum Gasteiger partial charge on any atom is 0.251 e. The summed E-state index contributed by atoms with van der Waals surface area (Å²) in [7, 11) is 0. The molecule has 1 aromatic heterocycles. The van der Waals surface area contributed by atoms with Gasteiger partial charge in [-0.3, -0.25) is 9.69 Å². The maximum atomic E-state index is 12.4. The van der Waals surface area contributed by atoms with Crippen LogP contribution in [0.3, 0.4) is 0 Å². The lowest BCUT2D eigenvalue weighted by atomic mass is 10.1. The summed E-state index contributed by atoms with van der Waals surface area (Å²) in [6, 6.07) is 12.0. The lowest BCUT2D eigenvalue weighted by Crippen LogP contribution is -2.48. The van der Waals surface area contributed by atoms with Crippen LogP contribution in [0.25, 0.3) is 10.2 Å². The predicted molar refractivity (Wildman–Crippen MR) is 128 cm³/mol. The second-order valence-electron chi connectivity index (χ2n) is 7.92. The largest absolute Gasteiger partial charge is 0.492 e. The van der Waals surface area contributed by atoms with E-state index in [2.05, 4.69) is 28.1 Å². The molecule has 31 heavy (non-hydrogen) atoms. The first-order valence-corrected chi connectivity index (χ1v) is 11.7. The van der Waals surface area contributed by atoms with Crippen LogP contribution >= 0.6 is 11.3 Å². The molecule has 1 N–H and O–H groups in total. The van der Waals surface area contributed by atoms with Gasteiger partial charge in [0.05, 0.1) is 11.3 Å². The molecular weight excluding hydrogens is 408 g/mol. The predicted octanol–water partition coefficient (Wildman–Crippen LogP) is 3.86. The molecule has 0 bridgehead atoms. The molecule has 164 valence electrons. The van der Waals surface area contributed by atoms with Gasteiger partial charge in [0.15, 0.2) is 5.13 Å². The third-order valence-corrected chi connectivity index (χ3v) is 6.88. The highest BCUT2D eigenvalue weighted by Gasteiger charge is 2.20. The Balaban J connectivity index is 1.27. The molecule has 1 amide bonds. The fourth-order valence-corrected chi connectivity index (χ4v) is 4.83. The number of fused-ring (bicyclic) bond motifs is 1. The average Bonchev–Trinajstić information content (AvgIpc) is 3.22. The summed E-state index contributed by atoms with van der Waals surface area (Å²) in [5, 5.41) is 4.11. The van der Waals surface area contributed by atoms with Crippen molar-refractivity contribution in [2.45, 2.75) is 20.8 Å². The minimum absolute atomic E-state index is 0.00122. The Morgan fingerprint density at radius 3 is 2.68 bits per heavy atom. The molecule has 0 aliphatic carbocycles. The molecule has 0 spiro atoms. The van der Waals surface area contributed by atoms with Gasteiger partial charge in [-0.2, -0.15) is 0 Å². The number of piperazine rings is 1. The van der Waals surface area contributed by atoms with E-state index in [-0.39, 0.29) is 5.91 Å². The van der Waals surface area contributed by atoms with E-state index in [0.717, 1.165) is 64.9 Å². The van der Waals surface area contributed by atoms with E-state index in [4.69, 9.17) is 9.72 Å². The number of amides is 1. The van der Waals surface area contributed by atoms with Gasteiger partial charge in [-0.1, -0.05) is 23.5 Å². The lowest BCUT2D eigenvalue weighted by Gasteiger charge is -2.34. The topological polar surface area (TPSA) is 57.7 Å². The summed E-state index contributed by atoms with van der Waals surface area (Å²) in [5.74, 6) is 0.863. The van der Waals surface area contributed by atoms with Crippen molar-refractivity contribution in [3.63, 3.8) is 0 Å². The number of ether oxygens (including phenoxy) is 1. The van der Waals surface area contributed by atoms with Gasteiger partial charge in [-0.25, -0.2) is 4.98 Å². The average molecular weight is 439 g/mol. The summed E-state index contributed by atoms with van der Waals surface area (Å²) >= 11 is 1.73. The fraction of sp³-hybridized carbons (Fsp3) is 0.417. The Kier molecular flexibility index (Phi) is 6.73. The highest BCUT2D eigenvalue weighted by Crippen LogP contribution is 2.34. The van der Waals surface area contributed by atoms with Crippen LogP contribution in [0.15, 0.2) is 36.4 Å². The Morgan fingerprint density at radius 1 is 1.13 bits per heavy atom. The van der Waals surface area contributed by atoms with Crippen molar-refractivity contribution in [1.82, 2.24) is 15.2 Å². The molecule has 1 fully saturated rings. The minimum Gasteiger partial charge on any atom is -0.492 e. The standard InChI is InChI=1S/C24H30N4O2S/c1-4-30-20-6-5-7-21-22(20)26-24(31-21)28-14-12-27(13-15-28)11-10-25-23(29)19-9-8-17(2)18(3)16-19/h5-9,16H,4,10-15H2,1-3H3,(H,25,29). The normalized spacial score (nSPS) is 14.7. The molecule has 4 rings (SSSR count). The van der Waals surface area contributed by atoms with Gasteiger partial charge < -0.3 is 15.0 Å². The van der Waals surface area contributed by atoms with E-state index in [1.54, 1.807) is 11.3 Å². The van der Waals surface area contributed by atoms with Crippen molar-refractivity contribution in [3.8, 4) is 5.75 Å². The molecule has 3 aromatic rings. The summed E-state index contributed by atoms with van der Waals surface area (Å²) in [6.45, 7) is 12.1. The number of aromatic nitrogens is 1. The second kappa shape index (κ2) is 9.66. The van der Waals surface area contributed by atoms with E-state index in [1.165, 1.54) is 5.56 Å². The molecule has 6 nitrogen and oxygen atoms in total. The highest BCUT2D eigenvalue weighted by molar-refractivity contribution is 7.22. The fourth-order valence-electron chi connectivity index (χ4n) is 3.79. The summed E-state index contributed by atoms with van der Waals surface area (Å²) < 4.78 is 6.89. The maximum absolute atomic E-state index is 12.4. The summed E-state index contributed by atoms with van der Waals surface area (Å²) in [4.78, 5) is 22.0. The molecule has 2 aromatic carbocycles. The van der Waals surface area contributed by atoms with Crippen LogP contribution in [0.2, 0.25) is 0 Å². The number of hydrogen-bond acceptors (Lipinski definition) is 6. The van der Waals surface area contributed by atoms with E-state index in [9.17, 15) is 4.79 Å². The number of nitrogens with zero attached hydrogens (tertiary/aromatic N) is 3. The Morgan fingerprint density at radius 2 is 1.94 bits per heavy atom. The molecule has 0 atom stereocenters. The molecule has 1 aliphatic rings. The molecule has 7 heteroatoms. The van der Waals surface area contributed by atoms with Gasteiger partial charge in [0.2, 0.25) is 0 Å². The molecule has 0 unspecified atom stereocenters. The third-order valence-electron chi connectivity index (χ3n) is 5.80. The number of rotatable bonds is 7. The number of aryl methyl sites for hydroxylation is 2. The lowest BCUT2D eigenvalue weighted by molar-refractivity contribution is 0.0947. The zero-order chi connectivity index (χ0) is 21.8. The van der Waals surface area contributed by atoms with Crippen molar-refractivity contribution in [1.29, 1.82) is 0 Å². The summed E-state index contributed by atoms with van der Waals surface area (Å²) in [5.41, 5.74) is 4.04. The third kappa shape index (κ3) is 4.99. The van der Waals surface area contributed by atoms with Crippen molar-refractivity contribution in [2.24, 2.45) is 0 Å². The van der Waals surface area contributed by atoms with E-state index >= 15 is 0 Å². The van der Waals surface area contributed by atoms with Crippen LogP contribution in [-0.4, -0.2) is 61.7 Å². The highest BCUT2D eigenvalue weighted by atomic mass is 32.1. The van der Waals surface area contributed by atoms with Gasteiger partial charge >= 0.3 is 0 Å². The molecule has 0 saturated carbocycles. The van der Waals surface area contributed by atoms with Crippen LogP contribution in [0.4, 0.5) is 5.13 Å². The van der Waals surface area contributed by atoms with Gasteiger partial charge in [0, 0.05) is 44.8 Å². The zero-order valence-corrected chi connectivity index (χ0v) is 19.3. The number of hydrogen-bond donors (Lipinski definition) is 1. The van der Waals surface area contributed by atoms with Gasteiger partial charge in [0.1, 0.15) is 11.3 Å². The Bertz CT molecular complexity index is 1060. The number of carbonyl (C=O) groups is 1. The van der Waals surface area contributed by atoms with Crippen LogP contribution in [0.5, 0.6) is 5.75 Å². The van der Waals surface area contributed by atoms with Crippen LogP contribution < -0.4 is 15.0 Å². The molecule has 1 saturated heterocycles. The van der Waals surface area contributed by atoms with Gasteiger partial charge in [-0.05, 0) is 56.2 Å². The van der Waals surface area contributed by atoms with Gasteiger partial charge in [0.25, 0.3) is 5.91 Å². The van der Waals surface area contributed by atoms with Crippen molar-refractivity contribution in [3.05, 3.63) is 53.1 Å². The number of para-hydroxylation sites is 1. The van der Waals surface area contributed by atoms with Crippen molar-refractivity contribution in [2.75, 3.05) is 50.8 Å². The van der Waals surface area contributed by atoms with Crippen molar-refractivity contribution >= 4 is 32.6 Å². The van der Waals surface area contributed by atoms with E-state index in [1.807, 2.05) is 44.2 Å². The Hall–Kier alpha value is -2.64. The van der Waals surface area contributed by atoms with E-state index < -0.39 is 0 Å². The minimum atomic E-state index is 0.00122.